The van der Waals surface area contributed by atoms with Crippen LogP contribution in [0.25, 0.3) is 0 Å². The highest BCUT2D eigenvalue weighted by atomic mass is 16.2. The number of amides is 1. The molecule has 0 aromatic heterocycles. The maximum absolute atomic E-state index is 11.4. The Hall–Kier alpha value is -1.35. The van der Waals surface area contributed by atoms with Crippen LogP contribution < -0.4 is 0 Å². The van der Waals surface area contributed by atoms with Gasteiger partial charge in [-0.15, -0.1) is 0 Å². The Morgan fingerprint density at radius 1 is 1.10 bits per heavy atom. The largest absolute Gasteiger partial charge is 0.342 e. The van der Waals surface area contributed by atoms with E-state index in [1.54, 1.807) is 0 Å². The van der Waals surface area contributed by atoms with Crippen LogP contribution in [0.5, 0.6) is 0 Å². The predicted octanol–water partition coefficient (Wildman–Crippen LogP) is 2.34. The molecule has 107 valence electrons. The quantitative estimate of drug-likeness (QED) is 0.824. The minimum absolute atomic E-state index is 0.00594. The molecule has 2 aliphatic rings. The Kier molecular flexibility index (Phi) is 3.79. The summed E-state index contributed by atoms with van der Waals surface area (Å²) in [6.45, 7) is 8.72. The molecular weight excluding hydrogens is 248 g/mol. The fourth-order valence-corrected chi connectivity index (χ4v) is 3.58. The highest BCUT2D eigenvalue weighted by Crippen LogP contribution is 2.40. The van der Waals surface area contributed by atoms with Crippen molar-refractivity contribution < 1.29 is 4.79 Å². The van der Waals surface area contributed by atoms with Crippen LogP contribution >= 0.6 is 0 Å². The molecule has 0 saturated carbocycles. The molecule has 1 aromatic rings. The summed E-state index contributed by atoms with van der Waals surface area (Å²) in [4.78, 5) is 15.8. The van der Waals surface area contributed by atoms with Gasteiger partial charge in [-0.1, -0.05) is 30.3 Å². The van der Waals surface area contributed by atoms with Gasteiger partial charge in [-0.3, -0.25) is 9.69 Å². The molecule has 3 nitrogen and oxygen atoms in total. The van der Waals surface area contributed by atoms with Crippen LogP contribution in [-0.4, -0.2) is 41.9 Å². The van der Waals surface area contributed by atoms with Crippen LogP contribution in [0.15, 0.2) is 30.3 Å². The molecule has 0 N–H and O–H groups in total. The predicted molar refractivity (Wildman–Crippen MR) is 79.9 cm³/mol. The van der Waals surface area contributed by atoms with Gasteiger partial charge in [-0.2, -0.15) is 0 Å². The van der Waals surface area contributed by atoms with Crippen molar-refractivity contribution in [2.45, 2.75) is 25.8 Å². The molecule has 0 bridgehead atoms. The third-order valence-electron chi connectivity index (χ3n) is 4.96. The second kappa shape index (κ2) is 5.57. The van der Waals surface area contributed by atoms with Crippen LogP contribution in [0.3, 0.4) is 0 Å². The molecule has 1 amide bonds. The summed E-state index contributed by atoms with van der Waals surface area (Å²) in [6.07, 6.45) is 3.58. The number of nitrogens with zero attached hydrogens (tertiary/aromatic N) is 2. The summed E-state index contributed by atoms with van der Waals surface area (Å²) in [7, 11) is 0. The molecule has 0 unspecified atom stereocenters. The first kappa shape index (κ1) is 13.6. The summed E-state index contributed by atoms with van der Waals surface area (Å²) in [5.74, 6) is -0.00594. The number of likely N-dealkylation sites (tertiary alicyclic amines) is 2. The molecular formula is C17H23N2O. The summed E-state index contributed by atoms with van der Waals surface area (Å²) in [5, 5.41) is 0. The molecule has 0 atom stereocenters. The molecule has 0 aliphatic carbocycles. The fraction of sp³-hybridized carbons (Fsp3) is 0.529. The number of carbonyl (C=O) groups excluding carboxylic acids is 1. The van der Waals surface area contributed by atoms with Crippen molar-refractivity contribution in [1.82, 2.24) is 9.80 Å². The zero-order valence-electron chi connectivity index (χ0n) is 12.1. The number of rotatable bonds is 2. The third kappa shape index (κ3) is 2.88. The topological polar surface area (TPSA) is 23.6 Å². The monoisotopic (exact) mass is 271 g/mol. The van der Waals surface area contributed by atoms with Gasteiger partial charge in [0.25, 0.3) is 0 Å². The minimum Gasteiger partial charge on any atom is -0.342 e. The van der Waals surface area contributed by atoms with E-state index in [1.807, 2.05) is 4.90 Å². The van der Waals surface area contributed by atoms with E-state index in [0.29, 0.717) is 5.41 Å². The van der Waals surface area contributed by atoms with E-state index in [2.05, 4.69) is 42.2 Å². The SMILES string of the molecule is [CH2]C(=O)N1CCC2(CCN(Cc3ccccc3)CC2)C1. The van der Waals surface area contributed by atoms with Crippen molar-refractivity contribution in [1.29, 1.82) is 0 Å². The Labute approximate surface area is 121 Å². The van der Waals surface area contributed by atoms with E-state index in [4.69, 9.17) is 0 Å². The van der Waals surface area contributed by atoms with E-state index >= 15 is 0 Å². The maximum Gasteiger partial charge on any atom is 0.223 e. The van der Waals surface area contributed by atoms with Crippen molar-refractivity contribution in [3.63, 3.8) is 0 Å². The minimum atomic E-state index is -0.00594. The molecule has 20 heavy (non-hydrogen) atoms. The number of hydrogen-bond acceptors (Lipinski definition) is 2. The standard InChI is InChI=1S/C17H23N2O/c1-15(20)19-12-9-17(14-19)7-10-18(11-8-17)13-16-5-3-2-4-6-16/h2-6H,1,7-14H2. The maximum atomic E-state index is 11.4. The van der Waals surface area contributed by atoms with Gasteiger partial charge in [-0.05, 0) is 43.3 Å². The van der Waals surface area contributed by atoms with Gasteiger partial charge >= 0.3 is 0 Å². The molecule has 1 spiro atoms. The van der Waals surface area contributed by atoms with Crippen molar-refractivity contribution in [2.75, 3.05) is 26.2 Å². The molecule has 3 rings (SSSR count). The van der Waals surface area contributed by atoms with Gasteiger partial charge in [0.2, 0.25) is 5.91 Å². The van der Waals surface area contributed by atoms with E-state index in [1.165, 1.54) is 18.4 Å². The van der Waals surface area contributed by atoms with Crippen molar-refractivity contribution in [3.8, 4) is 0 Å². The number of benzene rings is 1. The highest BCUT2D eigenvalue weighted by molar-refractivity contribution is 5.80. The lowest BCUT2D eigenvalue weighted by atomic mass is 9.77. The van der Waals surface area contributed by atoms with Gasteiger partial charge in [-0.25, -0.2) is 0 Å². The molecule has 2 fully saturated rings. The van der Waals surface area contributed by atoms with Crippen molar-refractivity contribution >= 4 is 5.91 Å². The second-order valence-electron chi connectivity index (χ2n) is 6.33. The van der Waals surface area contributed by atoms with Gasteiger partial charge in [0.15, 0.2) is 0 Å². The third-order valence-corrected chi connectivity index (χ3v) is 4.96. The number of hydrogen-bond donors (Lipinski definition) is 0. The van der Waals surface area contributed by atoms with Gasteiger partial charge in [0.1, 0.15) is 0 Å². The molecule has 1 aromatic carbocycles. The van der Waals surface area contributed by atoms with Gasteiger partial charge in [0.05, 0.1) is 0 Å². The zero-order valence-corrected chi connectivity index (χ0v) is 12.1. The Bertz CT molecular complexity index is 463. The second-order valence-corrected chi connectivity index (χ2v) is 6.33. The fourth-order valence-electron chi connectivity index (χ4n) is 3.58. The number of carbonyl (C=O) groups is 1. The van der Waals surface area contributed by atoms with E-state index < -0.39 is 0 Å². The zero-order chi connectivity index (χ0) is 14.0. The van der Waals surface area contributed by atoms with Crippen LogP contribution in [0.4, 0.5) is 0 Å². The first-order valence-corrected chi connectivity index (χ1v) is 7.54. The van der Waals surface area contributed by atoms with E-state index in [9.17, 15) is 4.79 Å². The first-order chi connectivity index (χ1) is 9.67. The van der Waals surface area contributed by atoms with Gasteiger partial charge in [0, 0.05) is 26.6 Å². The smallest absolute Gasteiger partial charge is 0.223 e. The van der Waals surface area contributed by atoms with Crippen LogP contribution in [-0.2, 0) is 11.3 Å². The lowest BCUT2D eigenvalue weighted by Gasteiger charge is -2.39. The van der Waals surface area contributed by atoms with E-state index in [-0.39, 0.29) is 5.91 Å². The molecule has 1 radical (unpaired) electrons. The normalized spacial score (nSPS) is 22.4. The Balaban J connectivity index is 1.54. The summed E-state index contributed by atoms with van der Waals surface area (Å²) >= 11 is 0. The van der Waals surface area contributed by atoms with Crippen molar-refractivity contribution in [2.24, 2.45) is 5.41 Å². The van der Waals surface area contributed by atoms with E-state index in [0.717, 1.165) is 39.1 Å². The first-order valence-electron chi connectivity index (χ1n) is 7.54. The Morgan fingerprint density at radius 2 is 1.75 bits per heavy atom. The van der Waals surface area contributed by atoms with Crippen LogP contribution in [0, 0.1) is 12.3 Å². The molecule has 3 heteroatoms. The summed E-state index contributed by atoms with van der Waals surface area (Å²) in [5.41, 5.74) is 1.77. The molecule has 2 heterocycles. The lowest BCUT2D eigenvalue weighted by Crippen LogP contribution is -2.41. The summed E-state index contributed by atoms with van der Waals surface area (Å²) < 4.78 is 0. The highest BCUT2D eigenvalue weighted by Gasteiger charge is 2.41. The average molecular weight is 271 g/mol. The average Bonchev–Trinajstić information content (AvgIpc) is 2.87. The van der Waals surface area contributed by atoms with Crippen LogP contribution in [0.2, 0.25) is 0 Å². The van der Waals surface area contributed by atoms with Gasteiger partial charge < -0.3 is 4.90 Å². The Morgan fingerprint density at radius 3 is 2.35 bits per heavy atom. The summed E-state index contributed by atoms with van der Waals surface area (Å²) in [6, 6.07) is 10.7. The number of piperidine rings is 1. The van der Waals surface area contributed by atoms with Crippen LogP contribution in [0.1, 0.15) is 24.8 Å². The lowest BCUT2D eigenvalue weighted by molar-refractivity contribution is -0.125. The molecule has 2 aliphatic heterocycles. The molecule has 2 saturated heterocycles. The van der Waals surface area contributed by atoms with Crippen molar-refractivity contribution in [3.05, 3.63) is 42.8 Å².